The van der Waals surface area contributed by atoms with Gasteiger partial charge in [-0.15, -0.1) is 23.5 Å². The van der Waals surface area contributed by atoms with E-state index in [0.717, 1.165) is 34.9 Å². The van der Waals surface area contributed by atoms with E-state index in [0.29, 0.717) is 34.6 Å². The van der Waals surface area contributed by atoms with Gasteiger partial charge in [0, 0.05) is 43.1 Å². The van der Waals surface area contributed by atoms with E-state index in [4.69, 9.17) is 16.3 Å². The quantitative estimate of drug-likeness (QED) is 0.680. The smallest absolute Gasteiger partial charge is 0.412 e. The number of anilines is 1. The fourth-order valence-electron chi connectivity index (χ4n) is 3.56. The highest BCUT2D eigenvalue weighted by molar-refractivity contribution is 8.10. The number of pyridine rings is 2. The van der Waals surface area contributed by atoms with Gasteiger partial charge in [-0.25, -0.2) is 19.7 Å². The lowest BCUT2D eigenvalue weighted by molar-refractivity contribution is -0.115. The molecule has 0 bridgehead atoms. The zero-order chi connectivity index (χ0) is 20.7. The molecule has 1 atom stereocenters. The maximum atomic E-state index is 13.2. The fraction of sp³-hybridized carbons (Fsp3) is 0.368. The number of hydrogen-bond acceptors (Lipinski definition) is 8. The molecule has 8 nitrogen and oxygen atoms in total. The van der Waals surface area contributed by atoms with Crippen molar-refractivity contribution in [3.8, 4) is 0 Å². The van der Waals surface area contributed by atoms with E-state index in [1.54, 1.807) is 28.8 Å². The van der Waals surface area contributed by atoms with E-state index in [9.17, 15) is 9.59 Å². The molecule has 2 aromatic heterocycles. The third-order valence-corrected chi connectivity index (χ3v) is 7.84. The summed E-state index contributed by atoms with van der Waals surface area (Å²) in [4.78, 5) is 39.4. The molecule has 3 aliphatic rings. The Morgan fingerprint density at radius 1 is 1.13 bits per heavy atom. The van der Waals surface area contributed by atoms with E-state index < -0.39 is 12.3 Å². The van der Waals surface area contributed by atoms with Crippen molar-refractivity contribution in [3.63, 3.8) is 0 Å². The van der Waals surface area contributed by atoms with Crippen molar-refractivity contribution in [1.82, 2.24) is 20.2 Å². The molecule has 3 aliphatic heterocycles. The third-order valence-electron chi connectivity index (χ3n) is 5.02. The number of amides is 2. The molecule has 1 unspecified atom stereocenters. The molecule has 2 aromatic rings. The molecule has 1 N–H and O–H groups in total. The zero-order valence-electron chi connectivity index (χ0n) is 15.8. The minimum atomic E-state index is -0.822. The van der Waals surface area contributed by atoms with Gasteiger partial charge < -0.3 is 15.0 Å². The Kier molecular flexibility index (Phi) is 5.48. The normalized spacial score (nSPS) is 21.9. The van der Waals surface area contributed by atoms with Gasteiger partial charge in [0.1, 0.15) is 11.0 Å². The number of fused-ring (bicyclic) bond motifs is 1. The van der Waals surface area contributed by atoms with Crippen LogP contribution in [0.15, 0.2) is 34.1 Å². The summed E-state index contributed by atoms with van der Waals surface area (Å²) in [5, 5.41) is 4.35. The van der Waals surface area contributed by atoms with Gasteiger partial charge in [-0.1, -0.05) is 11.6 Å². The van der Waals surface area contributed by atoms with Crippen molar-refractivity contribution in [1.29, 1.82) is 0 Å². The molecule has 0 saturated carbocycles. The molecule has 2 amide bonds. The van der Waals surface area contributed by atoms with E-state index in [2.05, 4.69) is 15.3 Å². The number of aromatic nitrogens is 2. The number of ether oxygens (including phenoxy) is 1. The summed E-state index contributed by atoms with van der Waals surface area (Å²) in [5.74, 6) is 1.88. The predicted octanol–water partition coefficient (Wildman–Crippen LogP) is 2.69. The fourth-order valence-corrected chi connectivity index (χ4v) is 6.13. The standard InChI is InChI=1S/C19H18ClN5O3S2/c20-12-3-1-11-2-4-13(23-16(11)22-12)25-17(26)14-15(30-10-9-29-14)18(25)28-19(27)24-7-5-21-6-8-24/h1-4,18,21H,5-10H2. The summed E-state index contributed by atoms with van der Waals surface area (Å²) in [6.45, 7) is 2.59. The first-order chi connectivity index (χ1) is 14.6. The van der Waals surface area contributed by atoms with Gasteiger partial charge in [0.25, 0.3) is 5.91 Å². The number of carbonyl (C=O) groups is 2. The number of rotatable bonds is 2. The minimum Gasteiger partial charge on any atom is -0.420 e. The van der Waals surface area contributed by atoms with Crippen LogP contribution in [0.4, 0.5) is 10.6 Å². The number of carbonyl (C=O) groups excluding carboxylic acids is 2. The summed E-state index contributed by atoms with van der Waals surface area (Å²) in [6.07, 6.45) is -1.25. The molecule has 1 saturated heterocycles. The molecule has 11 heteroatoms. The highest BCUT2D eigenvalue weighted by atomic mass is 35.5. The minimum absolute atomic E-state index is 0.200. The number of halogens is 1. The maximum absolute atomic E-state index is 13.2. The summed E-state index contributed by atoms with van der Waals surface area (Å²) in [5.41, 5.74) is 0.435. The van der Waals surface area contributed by atoms with Crippen molar-refractivity contribution < 1.29 is 14.3 Å². The van der Waals surface area contributed by atoms with Crippen LogP contribution < -0.4 is 10.2 Å². The van der Waals surface area contributed by atoms with Gasteiger partial charge in [0.2, 0.25) is 6.23 Å². The van der Waals surface area contributed by atoms with Crippen LogP contribution in [0.5, 0.6) is 0 Å². The van der Waals surface area contributed by atoms with Crippen LogP contribution in [0.2, 0.25) is 5.15 Å². The number of nitrogens with one attached hydrogen (secondary N) is 1. The molecule has 156 valence electrons. The molecular formula is C19H18ClN5O3S2. The van der Waals surface area contributed by atoms with Crippen molar-refractivity contribution in [3.05, 3.63) is 39.2 Å². The van der Waals surface area contributed by atoms with Crippen LogP contribution in [0, 0.1) is 0 Å². The lowest BCUT2D eigenvalue weighted by Crippen LogP contribution is -2.49. The topological polar surface area (TPSA) is 87.7 Å². The molecule has 0 spiro atoms. The van der Waals surface area contributed by atoms with E-state index >= 15 is 0 Å². The van der Waals surface area contributed by atoms with E-state index in [1.165, 1.54) is 16.7 Å². The largest absolute Gasteiger partial charge is 0.420 e. The van der Waals surface area contributed by atoms with Crippen molar-refractivity contribution in [2.24, 2.45) is 0 Å². The molecule has 5 rings (SSSR count). The lowest BCUT2D eigenvalue weighted by atomic mass is 10.3. The Hall–Kier alpha value is -2.01. The SMILES string of the molecule is O=C(OC1C2=C(SCCS2)C(=O)N1c1ccc2ccc(Cl)nc2n1)N1CCNCC1. The maximum Gasteiger partial charge on any atom is 0.412 e. The van der Waals surface area contributed by atoms with Crippen LogP contribution >= 0.6 is 35.1 Å². The van der Waals surface area contributed by atoms with Crippen LogP contribution in [0.25, 0.3) is 11.0 Å². The first kappa shape index (κ1) is 19.9. The monoisotopic (exact) mass is 463 g/mol. The van der Waals surface area contributed by atoms with Gasteiger partial charge in [0.15, 0.2) is 5.65 Å². The first-order valence-corrected chi connectivity index (χ1v) is 11.9. The zero-order valence-corrected chi connectivity index (χ0v) is 18.2. The number of piperazine rings is 1. The average Bonchev–Trinajstić information content (AvgIpc) is 3.05. The molecule has 1 fully saturated rings. The van der Waals surface area contributed by atoms with Gasteiger partial charge in [-0.2, -0.15) is 0 Å². The van der Waals surface area contributed by atoms with Gasteiger partial charge >= 0.3 is 6.09 Å². The number of thioether (sulfide) groups is 2. The van der Waals surface area contributed by atoms with Gasteiger partial charge in [0.05, 0.1) is 9.81 Å². The summed E-state index contributed by atoms with van der Waals surface area (Å²) >= 11 is 9.08. The van der Waals surface area contributed by atoms with Gasteiger partial charge in [-0.05, 0) is 24.3 Å². The Labute approximate surface area is 186 Å². The van der Waals surface area contributed by atoms with Crippen LogP contribution in [0.3, 0.4) is 0 Å². The molecule has 5 heterocycles. The van der Waals surface area contributed by atoms with E-state index in [1.807, 2.05) is 12.1 Å². The second-order valence-corrected chi connectivity index (χ2v) is 9.52. The highest BCUT2D eigenvalue weighted by Gasteiger charge is 2.45. The number of hydrogen-bond donors (Lipinski definition) is 1. The van der Waals surface area contributed by atoms with Crippen LogP contribution in [-0.4, -0.2) is 70.8 Å². The van der Waals surface area contributed by atoms with Crippen molar-refractivity contribution >= 4 is 64.0 Å². The predicted molar refractivity (Wildman–Crippen MR) is 119 cm³/mol. The highest BCUT2D eigenvalue weighted by Crippen LogP contribution is 2.45. The number of nitrogens with zero attached hydrogens (tertiary/aromatic N) is 4. The third kappa shape index (κ3) is 3.62. The molecule has 0 aromatic carbocycles. The van der Waals surface area contributed by atoms with Crippen molar-refractivity contribution in [2.75, 3.05) is 42.6 Å². The first-order valence-electron chi connectivity index (χ1n) is 9.55. The molecule has 30 heavy (non-hydrogen) atoms. The molecular weight excluding hydrogens is 446 g/mol. The van der Waals surface area contributed by atoms with E-state index in [-0.39, 0.29) is 5.91 Å². The Balaban J connectivity index is 1.50. The summed E-state index contributed by atoms with van der Waals surface area (Å²) in [6, 6.07) is 7.10. The Morgan fingerprint density at radius 2 is 1.90 bits per heavy atom. The van der Waals surface area contributed by atoms with Crippen molar-refractivity contribution in [2.45, 2.75) is 6.23 Å². The Bertz CT molecular complexity index is 1060. The summed E-state index contributed by atoms with van der Waals surface area (Å²) in [7, 11) is 0. The average molecular weight is 464 g/mol. The Morgan fingerprint density at radius 3 is 2.73 bits per heavy atom. The van der Waals surface area contributed by atoms with Crippen LogP contribution in [0.1, 0.15) is 0 Å². The van der Waals surface area contributed by atoms with Gasteiger partial charge in [-0.3, -0.25) is 4.79 Å². The summed E-state index contributed by atoms with van der Waals surface area (Å²) < 4.78 is 5.88. The second kappa shape index (κ2) is 8.26. The van der Waals surface area contributed by atoms with Crippen LogP contribution in [-0.2, 0) is 9.53 Å². The molecule has 0 aliphatic carbocycles. The second-order valence-electron chi connectivity index (χ2n) is 6.89. The molecule has 0 radical (unpaired) electrons. The lowest BCUT2D eigenvalue weighted by Gasteiger charge is -2.31.